The third kappa shape index (κ3) is 7.42. The summed E-state index contributed by atoms with van der Waals surface area (Å²) in [5, 5.41) is 7.82. The standard InChI is InChI=1S/C44H39N7O9/c52-37-16-15-35(40(55)47-37)51-43(58)32-13-12-31(22-33(32)44(51)59)48-17-19-49(20-18-48)41(56)27-5-8-29(9-6-27)45-39(54)26-3-1-25(2-4-26)23-50(30-10-11-30)42(57)28-7-14-34-36(21-28)60-24-38(53)46-34/h1-9,12-14,21-22,30,35H,10-11,15-20,23-24H2,(H,45,54)(H,46,53)(H,47,52,55). The normalized spacial score (nSPS) is 18.6. The Labute approximate surface area is 343 Å². The topological polar surface area (TPSA) is 195 Å². The zero-order chi connectivity index (χ0) is 41.7. The summed E-state index contributed by atoms with van der Waals surface area (Å²) < 4.78 is 5.50. The molecule has 1 unspecified atom stereocenters. The second-order valence-electron chi connectivity index (χ2n) is 15.4. The van der Waals surface area contributed by atoms with Crippen molar-refractivity contribution in [1.82, 2.24) is 20.0 Å². The number of nitrogens with zero attached hydrogens (tertiary/aromatic N) is 4. The van der Waals surface area contributed by atoms with Crippen LogP contribution in [0.3, 0.4) is 0 Å². The summed E-state index contributed by atoms with van der Waals surface area (Å²) >= 11 is 0. The quantitative estimate of drug-likeness (QED) is 0.211. The number of hydrogen-bond acceptors (Lipinski definition) is 10. The van der Waals surface area contributed by atoms with Crippen LogP contribution in [0.1, 0.15) is 83.0 Å². The first-order valence-corrected chi connectivity index (χ1v) is 19.8. The van der Waals surface area contributed by atoms with Gasteiger partial charge in [-0.15, -0.1) is 0 Å². The number of carbonyl (C=O) groups excluding carboxylic acids is 8. The Morgan fingerprint density at radius 2 is 1.42 bits per heavy atom. The van der Waals surface area contributed by atoms with E-state index in [1.807, 2.05) is 21.9 Å². The maximum absolute atomic E-state index is 13.5. The van der Waals surface area contributed by atoms with Gasteiger partial charge < -0.3 is 30.1 Å². The number of benzene rings is 4. The highest BCUT2D eigenvalue weighted by Crippen LogP contribution is 2.34. The van der Waals surface area contributed by atoms with Gasteiger partial charge in [0.25, 0.3) is 35.4 Å². The minimum atomic E-state index is -1.04. The molecule has 1 aliphatic carbocycles. The third-order valence-electron chi connectivity index (χ3n) is 11.4. The van der Waals surface area contributed by atoms with Crippen LogP contribution in [0.25, 0.3) is 0 Å². The van der Waals surface area contributed by atoms with Crippen molar-refractivity contribution in [2.45, 2.75) is 44.3 Å². The van der Waals surface area contributed by atoms with Crippen LogP contribution in [0.5, 0.6) is 5.75 Å². The Bertz CT molecular complexity index is 2490. The van der Waals surface area contributed by atoms with Crippen molar-refractivity contribution >= 4 is 64.3 Å². The van der Waals surface area contributed by atoms with Crippen molar-refractivity contribution < 1.29 is 43.1 Å². The summed E-state index contributed by atoms with van der Waals surface area (Å²) in [6.45, 7) is 2.06. The minimum Gasteiger partial charge on any atom is -0.482 e. The predicted molar refractivity (Wildman–Crippen MR) is 216 cm³/mol. The first kappa shape index (κ1) is 38.2. The number of ether oxygens (including phenoxy) is 1. The molecule has 4 heterocycles. The molecule has 0 radical (unpaired) electrons. The molecule has 4 aromatic carbocycles. The van der Waals surface area contributed by atoms with Crippen molar-refractivity contribution in [2.75, 3.05) is 48.3 Å². The molecular weight excluding hydrogens is 771 g/mol. The van der Waals surface area contributed by atoms with Crippen LogP contribution in [-0.2, 0) is 20.9 Å². The molecule has 16 heteroatoms. The lowest BCUT2D eigenvalue weighted by Gasteiger charge is -2.36. The van der Waals surface area contributed by atoms with Gasteiger partial charge in [0, 0.05) is 73.3 Å². The van der Waals surface area contributed by atoms with Gasteiger partial charge in [0.2, 0.25) is 11.8 Å². The highest BCUT2D eigenvalue weighted by atomic mass is 16.5. The van der Waals surface area contributed by atoms with Crippen molar-refractivity contribution in [3.63, 3.8) is 0 Å². The number of hydrogen-bond donors (Lipinski definition) is 3. The molecule has 3 fully saturated rings. The molecule has 9 rings (SSSR count). The minimum absolute atomic E-state index is 0.0439. The van der Waals surface area contributed by atoms with Crippen molar-refractivity contribution in [2.24, 2.45) is 0 Å². The van der Waals surface area contributed by atoms with Crippen molar-refractivity contribution in [3.8, 4) is 5.75 Å². The lowest BCUT2D eigenvalue weighted by Crippen LogP contribution is -2.54. The number of imide groups is 2. The molecular formula is C44H39N7O9. The number of nitrogens with one attached hydrogen (secondary N) is 3. The Hall–Kier alpha value is -7.36. The van der Waals surface area contributed by atoms with E-state index < -0.39 is 29.7 Å². The first-order valence-electron chi connectivity index (χ1n) is 19.8. The van der Waals surface area contributed by atoms with Crippen LogP contribution < -0.4 is 25.6 Å². The Morgan fingerprint density at radius 3 is 2.13 bits per heavy atom. The SMILES string of the molecule is O=C1CCC(N2C(=O)c3ccc(N4CCN(C(=O)c5ccc(NC(=O)c6ccc(CN(C(=O)c7ccc8c(c7)OCC(=O)N8)C7CC7)cc6)cc5)CC4)cc3C2=O)C(=O)N1. The van der Waals surface area contributed by atoms with Gasteiger partial charge in [0.05, 0.1) is 16.8 Å². The third-order valence-corrected chi connectivity index (χ3v) is 11.4. The van der Waals surface area contributed by atoms with E-state index in [1.54, 1.807) is 77.7 Å². The average molecular weight is 810 g/mol. The highest BCUT2D eigenvalue weighted by Gasteiger charge is 2.45. The van der Waals surface area contributed by atoms with Gasteiger partial charge in [-0.25, -0.2) is 0 Å². The fourth-order valence-corrected chi connectivity index (χ4v) is 7.99. The molecule has 60 heavy (non-hydrogen) atoms. The molecule has 2 saturated heterocycles. The molecule has 0 bridgehead atoms. The maximum atomic E-state index is 13.5. The smallest absolute Gasteiger partial charge is 0.262 e. The van der Waals surface area contributed by atoms with Crippen LogP contribution in [0.15, 0.2) is 84.9 Å². The summed E-state index contributed by atoms with van der Waals surface area (Å²) in [6.07, 6.45) is 1.94. The maximum Gasteiger partial charge on any atom is 0.262 e. The first-order chi connectivity index (χ1) is 29.0. The zero-order valence-electron chi connectivity index (χ0n) is 32.3. The van der Waals surface area contributed by atoms with Gasteiger partial charge >= 0.3 is 0 Å². The Kier molecular flexibility index (Phi) is 9.82. The summed E-state index contributed by atoms with van der Waals surface area (Å²) in [5.74, 6) is -2.63. The molecule has 4 aromatic rings. The summed E-state index contributed by atoms with van der Waals surface area (Å²) in [5.41, 5.74) is 4.41. The van der Waals surface area contributed by atoms with E-state index >= 15 is 0 Å². The Morgan fingerprint density at radius 1 is 0.717 bits per heavy atom. The van der Waals surface area contributed by atoms with Gasteiger partial charge in [-0.1, -0.05) is 12.1 Å². The molecule has 5 aliphatic rings. The molecule has 0 aromatic heterocycles. The van der Waals surface area contributed by atoms with Gasteiger partial charge in [0.1, 0.15) is 11.8 Å². The molecule has 1 saturated carbocycles. The predicted octanol–water partition coefficient (Wildman–Crippen LogP) is 3.44. The summed E-state index contributed by atoms with van der Waals surface area (Å²) in [4.78, 5) is 109. The van der Waals surface area contributed by atoms with Crippen LogP contribution in [0, 0.1) is 0 Å². The molecule has 0 spiro atoms. The van der Waals surface area contributed by atoms with E-state index in [-0.39, 0.29) is 60.2 Å². The van der Waals surface area contributed by atoms with Crippen molar-refractivity contribution in [3.05, 3.63) is 118 Å². The van der Waals surface area contributed by atoms with Gasteiger partial charge in [-0.2, -0.15) is 0 Å². The van der Waals surface area contributed by atoms with E-state index in [9.17, 15) is 38.4 Å². The van der Waals surface area contributed by atoms with Crippen molar-refractivity contribution in [1.29, 1.82) is 0 Å². The molecule has 4 aliphatic heterocycles. The summed E-state index contributed by atoms with van der Waals surface area (Å²) in [7, 11) is 0. The highest BCUT2D eigenvalue weighted by molar-refractivity contribution is 6.23. The van der Waals surface area contributed by atoms with E-state index in [0.717, 1.165) is 23.3 Å². The van der Waals surface area contributed by atoms with Gasteiger partial charge in [0.15, 0.2) is 6.61 Å². The lowest BCUT2D eigenvalue weighted by atomic mass is 10.0. The summed E-state index contributed by atoms with van der Waals surface area (Å²) in [6, 6.07) is 22.8. The van der Waals surface area contributed by atoms with Crippen LogP contribution >= 0.6 is 0 Å². The fraction of sp³-hybridized carbons (Fsp3) is 0.273. The molecule has 3 N–H and O–H groups in total. The number of piperazine rings is 1. The molecule has 8 amide bonds. The number of fused-ring (bicyclic) bond motifs is 2. The van der Waals surface area contributed by atoms with E-state index in [4.69, 9.17) is 4.74 Å². The molecule has 16 nitrogen and oxygen atoms in total. The lowest BCUT2D eigenvalue weighted by molar-refractivity contribution is -0.136. The van der Waals surface area contributed by atoms with Gasteiger partial charge in [-0.05, 0) is 97.6 Å². The molecule has 304 valence electrons. The number of amides is 8. The van der Waals surface area contributed by atoms with Crippen LogP contribution in [0.4, 0.5) is 17.1 Å². The number of piperidine rings is 1. The van der Waals surface area contributed by atoms with E-state index in [2.05, 4.69) is 16.0 Å². The Balaban J connectivity index is 0.771. The number of rotatable bonds is 9. The number of anilines is 3. The van der Waals surface area contributed by atoms with E-state index in [1.165, 1.54) is 0 Å². The second-order valence-corrected chi connectivity index (χ2v) is 15.4. The monoisotopic (exact) mass is 809 g/mol. The zero-order valence-corrected chi connectivity index (χ0v) is 32.3. The fourth-order valence-electron chi connectivity index (χ4n) is 7.99. The van der Waals surface area contributed by atoms with Gasteiger partial charge in [-0.3, -0.25) is 48.6 Å². The second kappa shape index (κ2) is 15.4. The number of carbonyl (C=O) groups is 8. The average Bonchev–Trinajstić information content (AvgIpc) is 4.08. The van der Waals surface area contributed by atoms with Crippen LogP contribution in [-0.4, -0.2) is 107 Å². The molecule has 1 atom stereocenters. The van der Waals surface area contributed by atoms with Crippen LogP contribution in [0.2, 0.25) is 0 Å². The largest absolute Gasteiger partial charge is 0.482 e. The van der Waals surface area contributed by atoms with E-state index in [0.29, 0.717) is 72.2 Å².